The standard InChI is InChI=1S/C17H21ClO4/c1-3-4-5-6-11-21-16(19)9-10-17(20)22-14-7-8-15(18)13(2)12-14/h4-5,7-8,12H,3,6,9-11H2,1-2H3/b5-4+. The van der Waals surface area contributed by atoms with Crippen LogP contribution in [-0.2, 0) is 14.3 Å². The molecule has 0 spiro atoms. The molecular weight excluding hydrogens is 304 g/mol. The quantitative estimate of drug-likeness (QED) is 0.311. The summed E-state index contributed by atoms with van der Waals surface area (Å²) in [7, 11) is 0. The van der Waals surface area contributed by atoms with Crippen LogP contribution in [0.25, 0.3) is 0 Å². The van der Waals surface area contributed by atoms with Gasteiger partial charge in [-0.1, -0.05) is 30.7 Å². The molecule has 22 heavy (non-hydrogen) atoms. The summed E-state index contributed by atoms with van der Waals surface area (Å²) in [4.78, 5) is 23.1. The highest BCUT2D eigenvalue weighted by molar-refractivity contribution is 6.31. The van der Waals surface area contributed by atoms with E-state index in [1.807, 2.05) is 26.0 Å². The minimum Gasteiger partial charge on any atom is -0.465 e. The van der Waals surface area contributed by atoms with Crippen molar-refractivity contribution in [1.29, 1.82) is 0 Å². The summed E-state index contributed by atoms with van der Waals surface area (Å²) in [6.45, 7) is 4.20. The van der Waals surface area contributed by atoms with Gasteiger partial charge in [-0.2, -0.15) is 0 Å². The van der Waals surface area contributed by atoms with Gasteiger partial charge in [-0.15, -0.1) is 0 Å². The molecule has 4 nitrogen and oxygen atoms in total. The Hall–Kier alpha value is -1.81. The van der Waals surface area contributed by atoms with Gasteiger partial charge in [0.1, 0.15) is 5.75 Å². The molecule has 0 saturated carbocycles. The summed E-state index contributed by atoms with van der Waals surface area (Å²) in [6, 6.07) is 4.96. The zero-order chi connectivity index (χ0) is 16.4. The number of carbonyl (C=O) groups excluding carboxylic acids is 2. The van der Waals surface area contributed by atoms with Crippen LogP contribution in [0.4, 0.5) is 0 Å². The van der Waals surface area contributed by atoms with Crippen molar-refractivity contribution in [2.24, 2.45) is 0 Å². The molecule has 0 N–H and O–H groups in total. The zero-order valence-electron chi connectivity index (χ0n) is 12.9. The van der Waals surface area contributed by atoms with Gasteiger partial charge in [-0.3, -0.25) is 9.59 Å². The molecule has 0 radical (unpaired) electrons. The number of ether oxygens (including phenoxy) is 2. The van der Waals surface area contributed by atoms with Crippen LogP contribution in [0.15, 0.2) is 30.4 Å². The molecule has 120 valence electrons. The molecule has 5 heteroatoms. The first-order valence-electron chi connectivity index (χ1n) is 7.30. The van der Waals surface area contributed by atoms with E-state index >= 15 is 0 Å². The van der Waals surface area contributed by atoms with Gasteiger partial charge in [0.15, 0.2) is 0 Å². The first-order chi connectivity index (χ1) is 10.5. The third-order valence-corrected chi connectivity index (χ3v) is 3.27. The maximum absolute atomic E-state index is 11.7. The second kappa shape index (κ2) is 10.0. The maximum Gasteiger partial charge on any atom is 0.311 e. The van der Waals surface area contributed by atoms with Gasteiger partial charge in [0.25, 0.3) is 0 Å². The summed E-state index contributed by atoms with van der Waals surface area (Å²) >= 11 is 5.89. The Bertz CT molecular complexity index is 537. The van der Waals surface area contributed by atoms with Gasteiger partial charge < -0.3 is 9.47 Å². The lowest BCUT2D eigenvalue weighted by molar-refractivity contribution is -0.146. The molecule has 1 aromatic rings. The predicted octanol–water partition coefficient (Wildman–Crippen LogP) is 4.23. The molecule has 1 rings (SSSR count). The second-order valence-electron chi connectivity index (χ2n) is 4.77. The van der Waals surface area contributed by atoms with Crippen molar-refractivity contribution < 1.29 is 19.1 Å². The van der Waals surface area contributed by atoms with E-state index in [0.717, 1.165) is 12.0 Å². The van der Waals surface area contributed by atoms with Crippen LogP contribution in [0.1, 0.15) is 38.2 Å². The molecular formula is C17H21ClO4. The highest BCUT2D eigenvalue weighted by Crippen LogP contribution is 2.21. The molecule has 0 unspecified atom stereocenters. The molecule has 0 amide bonds. The van der Waals surface area contributed by atoms with Crippen LogP contribution in [-0.4, -0.2) is 18.5 Å². The fraction of sp³-hybridized carbons (Fsp3) is 0.412. The van der Waals surface area contributed by atoms with Gasteiger partial charge in [0.05, 0.1) is 19.4 Å². The van der Waals surface area contributed by atoms with E-state index in [4.69, 9.17) is 21.1 Å². The van der Waals surface area contributed by atoms with Gasteiger partial charge in [-0.05, 0) is 43.5 Å². The predicted molar refractivity (Wildman–Crippen MR) is 86.1 cm³/mol. The third-order valence-electron chi connectivity index (χ3n) is 2.84. The Morgan fingerprint density at radius 1 is 1.18 bits per heavy atom. The molecule has 0 aliphatic rings. The monoisotopic (exact) mass is 324 g/mol. The lowest BCUT2D eigenvalue weighted by Crippen LogP contribution is -2.12. The Morgan fingerprint density at radius 3 is 2.59 bits per heavy atom. The fourth-order valence-electron chi connectivity index (χ4n) is 1.66. The van der Waals surface area contributed by atoms with Gasteiger partial charge in [-0.25, -0.2) is 0 Å². The number of halogens is 1. The van der Waals surface area contributed by atoms with Crippen LogP contribution in [0.5, 0.6) is 5.75 Å². The van der Waals surface area contributed by atoms with Gasteiger partial charge in [0.2, 0.25) is 0 Å². The number of rotatable bonds is 8. The lowest BCUT2D eigenvalue weighted by atomic mass is 10.2. The normalized spacial score (nSPS) is 10.7. The summed E-state index contributed by atoms with van der Waals surface area (Å²) in [5, 5.41) is 0.612. The number of hydrogen-bond acceptors (Lipinski definition) is 4. The largest absolute Gasteiger partial charge is 0.465 e. The Balaban J connectivity index is 2.26. The number of carbonyl (C=O) groups is 2. The van der Waals surface area contributed by atoms with Crippen molar-refractivity contribution in [3.63, 3.8) is 0 Å². The molecule has 0 aromatic heterocycles. The molecule has 0 fully saturated rings. The average Bonchev–Trinajstić information content (AvgIpc) is 2.49. The topological polar surface area (TPSA) is 52.6 Å². The average molecular weight is 325 g/mol. The Morgan fingerprint density at radius 2 is 1.91 bits per heavy atom. The fourth-order valence-corrected chi connectivity index (χ4v) is 1.78. The minimum absolute atomic E-state index is 0.00862. The van der Waals surface area contributed by atoms with Crippen LogP contribution in [0.2, 0.25) is 5.02 Å². The van der Waals surface area contributed by atoms with E-state index in [-0.39, 0.29) is 12.8 Å². The SMILES string of the molecule is CC/C=C/CCOC(=O)CCC(=O)Oc1ccc(Cl)c(C)c1. The molecule has 0 heterocycles. The Kier molecular flexibility index (Phi) is 8.30. The smallest absolute Gasteiger partial charge is 0.311 e. The van der Waals surface area contributed by atoms with E-state index in [1.165, 1.54) is 0 Å². The third kappa shape index (κ3) is 7.27. The molecule has 0 saturated heterocycles. The van der Waals surface area contributed by atoms with Crippen LogP contribution < -0.4 is 4.74 Å². The summed E-state index contributed by atoms with van der Waals surface area (Å²) in [5.74, 6) is -0.441. The molecule has 1 aromatic carbocycles. The number of benzene rings is 1. The van der Waals surface area contributed by atoms with E-state index < -0.39 is 11.9 Å². The van der Waals surface area contributed by atoms with Crippen molar-refractivity contribution in [2.75, 3.05) is 6.61 Å². The van der Waals surface area contributed by atoms with E-state index in [2.05, 4.69) is 0 Å². The van der Waals surface area contributed by atoms with E-state index in [9.17, 15) is 9.59 Å². The van der Waals surface area contributed by atoms with Crippen LogP contribution in [0, 0.1) is 6.92 Å². The van der Waals surface area contributed by atoms with Gasteiger partial charge in [0, 0.05) is 5.02 Å². The minimum atomic E-state index is -0.468. The highest BCUT2D eigenvalue weighted by atomic mass is 35.5. The van der Waals surface area contributed by atoms with Crippen LogP contribution in [0.3, 0.4) is 0 Å². The summed E-state index contributed by atoms with van der Waals surface area (Å²) < 4.78 is 10.2. The van der Waals surface area contributed by atoms with Crippen LogP contribution >= 0.6 is 11.6 Å². The number of esters is 2. The second-order valence-corrected chi connectivity index (χ2v) is 5.18. The van der Waals surface area contributed by atoms with Crippen molar-refractivity contribution in [3.8, 4) is 5.75 Å². The maximum atomic E-state index is 11.7. The first kappa shape index (κ1) is 18.2. The van der Waals surface area contributed by atoms with Gasteiger partial charge >= 0.3 is 11.9 Å². The molecule has 0 atom stereocenters. The summed E-state index contributed by atoms with van der Waals surface area (Å²) in [6.07, 6.45) is 5.63. The van der Waals surface area contributed by atoms with E-state index in [1.54, 1.807) is 18.2 Å². The van der Waals surface area contributed by atoms with Crippen molar-refractivity contribution in [3.05, 3.63) is 40.9 Å². The van der Waals surface area contributed by atoms with E-state index in [0.29, 0.717) is 23.8 Å². The Labute approximate surface area is 136 Å². The van der Waals surface area contributed by atoms with Crippen molar-refractivity contribution in [2.45, 2.75) is 39.5 Å². The zero-order valence-corrected chi connectivity index (χ0v) is 13.7. The lowest BCUT2D eigenvalue weighted by Gasteiger charge is -2.06. The van der Waals surface area contributed by atoms with Crippen molar-refractivity contribution >= 4 is 23.5 Å². The number of hydrogen-bond donors (Lipinski definition) is 0. The molecule has 0 aliphatic carbocycles. The molecule has 0 aliphatic heterocycles. The highest BCUT2D eigenvalue weighted by Gasteiger charge is 2.10. The first-order valence-corrected chi connectivity index (χ1v) is 7.68. The number of allylic oxidation sites excluding steroid dienone is 1. The number of aryl methyl sites for hydroxylation is 1. The van der Waals surface area contributed by atoms with Crippen molar-refractivity contribution in [1.82, 2.24) is 0 Å². The summed E-state index contributed by atoms with van der Waals surface area (Å²) in [5.41, 5.74) is 0.825. The molecule has 0 bridgehead atoms.